The topological polar surface area (TPSA) is 364 Å². The minimum Gasteiger partial charge on any atom is -0.481 e. The molecule has 0 fully saturated rings. The molecule has 0 spiro atoms. The Morgan fingerprint density at radius 2 is 1.05 bits per heavy atom. The van der Waals surface area contributed by atoms with Gasteiger partial charge in [0.05, 0.1) is 45.2 Å². The molecule has 24 nitrogen and oxygen atoms in total. The van der Waals surface area contributed by atoms with Gasteiger partial charge in [-0.25, -0.2) is 19.2 Å². The predicted octanol–water partition coefficient (Wildman–Crippen LogP) is 0.732. The fourth-order valence-corrected chi connectivity index (χ4v) is 7.00. The summed E-state index contributed by atoms with van der Waals surface area (Å²) >= 11 is 0. The number of aliphatic carboxylic acids is 3. The molecular formula is C49H65N7O17. The van der Waals surface area contributed by atoms with Crippen molar-refractivity contribution in [2.45, 2.75) is 88.9 Å². The number of carboxylic acid groups (broad SMARTS) is 4. The van der Waals surface area contributed by atoms with Gasteiger partial charge in [0.25, 0.3) is 0 Å². The monoisotopic (exact) mass is 1020 g/mol. The minimum absolute atomic E-state index is 0.0000591. The van der Waals surface area contributed by atoms with E-state index in [2.05, 4.69) is 37.2 Å². The van der Waals surface area contributed by atoms with Gasteiger partial charge >= 0.3 is 29.9 Å². The summed E-state index contributed by atoms with van der Waals surface area (Å²) < 4.78 is 16.2. The largest absolute Gasteiger partial charge is 0.481 e. The summed E-state index contributed by atoms with van der Waals surface area (Å²) in [6.07, 6.45) is -1.10. The van der Waals surface area contributed by atoms with E-state index in [9.17, 15) is 63.3 Å². The third-order valence-corrected chi connectivity index (χ3v) is 10.7. The summed E-state index contributed by atoms with van der Waals surface area (Å²) in [4.78, 5) is 123. The van der Waals surface area contributed by atoms with Crippen LogP contribution >= 0.6 is 0 Å². The van der Waals surface area contributed by atoms with Crippen molar-refractivity contribution in [3.63, 3.8) is 0 Å². The van der Waals surface area contributed by atoms with Gasteiger partial charge in [-0.1, -0.05) is 54.6 Å². The van der Waals surface area contributed by atoms with E-state index in [1.807, 2.05) is 42.5 Å². The maximum atomic E-state index is 13.6. The van der Waals surface area contributed by atoms with Crippen LogP contribution in [-0.2, 0) is 65.4 Å². The highest BCUT2D eigenvalue weighted by atomic mass is 16.5. The average molecular weight is 1020 g/mol. The molecule has 0 unspecified atom stereocenters. The van der Waals surface area contributed by atoms with Gasteiger partial charge in [0.1, 0.15) is 24.2 Å². The van der Waals surface area contributed by atoms with Crippen molar-refractivity contribution in [2.24, 2.45) is 0 Å². The van der Waals surface area contributed by atoms with Crippen LogP contribution in [0.15, 0.2) is 66.7 Å². The van der Waals surface area contributed by atoms with E-state index in [1.165, 1.54) is 25.1 Å². The Balaban J connectivity index is 1.57. The fraction of sp³-hybridized carbons (Fsp3) is 0.469. The Hall–Kier alpha value is -7.70. The van der Waals surface area contributed by atoms with Gasteiger partial charge in [-0.05, 0) is 59.7 Å². The molecule has 4 atom stereocenters. The normalized spacial score (nSPS) is 12.5. The second-order valence-corrected chi connectivity index (χ2v) is 16.6. The molecular weight excluding hydrogens is 959 g/mol. The van der Waals surface area contributed by atoms with Gasteiger partial charge in [0, 0.05) is 58.7 Å². The molecule has 398 valence electrons. The number of carbonyl (C=O) groups excluding carboxylic acids is 6. The van der Waals surface area contributed by atoms with Crippen molar-refractivity contribution in [3.8, 4) is 0 Å². The molecule has 0 aliphatic heterocycles. The molecule has 24 heteroatoms. The summed E-state index contributed by atoms with van der Waals surface area (Å²) in [5.41, 5.74) is 1.13. The number of hydrogen-bond acceptors (Lipinski definition) is 13. The highest BCUT2D eigenvalue weighted by Gasteiger charge is 2.27. The first-order valence-corrected chi connectivity index (χ1v) is 23.6. The number of carbonyl (C=O) groups is 10. The number of nitrogens with one attached hydrogen (secondary N) is 7. The van der Waals surface area contributed by atoms with Crippen molar-refractivity contribution < 1.29 is 82.6 Å². The molecule has 0 saturated heterocycles. The van der Waals surface area contributed by atoms with Crippen LogP contribution in [0.3, 0.4) is 0 Å². The summed E-state index contributed by atoms with van der Waals surface area (Å²) in [5, 5.41) is 56.8. The zero-order chi connectivity index (χ0) is 53.5. The average Bonchev–Trinajstić information content (AvgIpc) is 3.34. The molecule has 0 radical (unpaired) electrons. The number of benzene rings is 3. The van der Waals surface area contributed by atoms with Crippen molar-refractivity contribution in [3.05, 3.63) is 83.4 Å². The molecule has 7 amide bonds. The molecule has 0 aliphatic carbocycles. The minimum atomic E-state index is -1.57. The van der Waals surface area contributed by atoms with Crippen LogP contribution in [0.1, 0.15) is 73.4 Å². The van der Waals surface area contributed by atoms with Gasteiger partial charge in [-0.2, -0.15) is 0 Å². The first-order valence-electron chi connectivity index (χ1n) is 23.6. The van der Waals surface area contributed by atoms with Gasteiger partial charge in [0.2, 0.25) is 29.5 Å². The Bertz CT molecular complexity index is 2350. The molecule has 3 aromatic rings. The number of ether oxygens (including phenoxy) is 3. The number of carboxylic acids is 4. The van der Waals surface area contributed by atoms with Crippen LogP contribution in [0.2, 0.25) is 0 Å². The van der Waals surface area contributed by atoms with E-state index in [0.717, 1.165) is 16.3 Å². The molecule has 0 bridgehead atoms. The second-order valence-electron chi connectivity index (χ2n) is 16.6. The SMILES string of the molecule is CC(=O)NCCOCCOCCOCCC(=O)N[C@@H](Cc1cccc(C(=O)O)c1)C(=O)NCCC(=O)N[C@@H](Cc1ccc2ccccc2c1)C(=O)NCCCC[C@H](NC(=O)N[C@@H](CCC(=O)O)C(=O)O)C(=O)O. The third kappa shape index (κ3) is 24.8. The fourth-order valence-electron chi connectivity index (χ4n) is 7.00. The Morgan fingerprint density at radius 1 is 0.493 bits per heavy atom. The third-order valence-electron chi connectivity index (χ3n) is 10.7. The molecule has 0 aliphatic rings. The Kier molecular flexibility index (Phi) is 27.0. The zero-order valence-corrected chi connectivity index (χ0v) is 40.5. The lowest BCUT2D eigenvalue weighted by molar-refractivity contribution is -0.141. The molecule has 0 saturated carbocycles. The van der Waals surface area contributed by atoms with Crippen LogP contribution in [-0.4, -0.2) is 163 Å². The van der Waals surface area contributed by atoms with E-state index < -0.39 is 90.5 Å². The maximum absolute atomic E-state index is 13.6. The van der Waals surface area contributed by atoms with Gasteiger partial charge in [-0.15, -0.1) is 0 Å². The Morgan fingerprint density at radius 3 is 1.66 bits per heavy atom. The number of hydrogen-bond donors (Lipinski definition) is 11. The zero-order valence-electron chi connectivity index (χ0n) is 40.5. The molecule has 0 aromatic heterocycles. The van der Waals surface area contributed by atoms with E-state index in [0.29, 0.717) is 31.9 Å². The van der Waals surface area contributed by atoms with Crippen molar-refractivity contribution in [1.82, 2.24) is 37.2 Å². The van der Waals surface area contributed by atoms with Crippen molar-refractivity contribution in [1.29, 1.82) is 0 Å². The number of fused-ring (bicyclic) bond motifs is 1. The molecule has 73 heavy (non-hydrogen) atoms. The molecule has 11 N–H and O–H groups in total. The lowest BCUT2D eigenvalue weighted by Gasteiger charge is -2.21. The van der Waals surface area contributed by atoms with E-state index in [4.69, 9.17) is 19.3 Å². The lowest BCUT2D eigenvalue weighted by atomic mass is 10.0. The van der Waals surface area contributed by atoms with Gasteiger partial charge < -0.3 is 71.9 Å². The van der Waals surface area contributed by atoms with E-state index in [1.54, 1.807) is 6.07 Å². The standard InChI is InChI=1S/C49H65N7O17/c1-31(57)50-20-22-72-24-26-73-25-23-71-21-17-42(59)54-39(29-32-7-6-10-36(28-32)46(64)65)45(63)52-19-16-41(58)53-40(30-33-12-13-34-8-2-3-9-35(34)27-33)44(62)51-18-5-4-11-37(47(66)67)55-49(70)56-38(48(68)69)14-15-43(60)61/h2-3,6-10,12-13,27-28,37-40H,4-5,11,14-26,29-30H2,1H3,(H,50,57)(H,51,62)(H,52,63)(H,53,58)(H,54,59)(H,60,61)(H,64,65)(H,66,67)(H,68,69)(H2,55,56,70)/t37-,38-,39-,40-/m0/s1. The van der Waals surface area contributed by atoms with E-state index in [-0.39, 0.29) is 89.3 Å². The number of unbranched alkanes of at least 4 members (excludes halogenated alkanes) is 1. The van der Waals surface area contributed by atoms with Crippen LogP contribution in [0.5, 0.6) is 0 Å². The highest BCUT2D eigenvalue weighted by Crippen LogP contribution is 2.17. The first-order chi connectivity index (χ1) is 34.9. The number of amides is 7. The smallest absolute Gasteiger partial charge is 0.335 e. The summed E-state index contributed by atoms with van der Waals surface area (Å²) in [6.45, 7) is 2.97. The predicted molar refractivity (Wildman–Crippen MR) is 260 cm³/mol. The molecule has 0 heterocycles. The number of rotatable bonds is 36. The maximum Gasteiger partial charge on any atom is 0.335 e. The van der Waals surface area contributed by atoms with Crippen LogP contribution in [0, 0.1) is 0 Å². The summed E-state index contributed by atoms with van der Waals surface area (Å²) in [7, 11) is 0. The van der Waals surface area contributed by atoms with Gasteiger partial charge in [-0.3, -0.25) is 28.8 Å². The van der Waals surface area contributed by atoms with Crippen LogP contribution in [0.25, 0.3) is 10.8 Å². The molecule has 3 rings (SSSR count). The van der Waals surface area contributed by atoms with E-state index >= 15 is 0 Å². The quantitative estimate of drug-likeness (QED) is 0.0358. The highest BCUT2D eigenvalue weighted by molar-refractivity contribution is 5.91. The number of aromatic carboxylic acids is 1. The first kappa shape index (κ1) is 59.6. The van der Waals surface area contributed by atoms with Gasteiger partial charge in [0.15, 0.2) is 0 Å². The van der Waals surface area contributed by atoms with Crippen LogP contribution < -0.4 is 37.2 Å². The number of urea groups is 1. The lowest BCUT2D eigenvalue weighted by Crippen LogP contribution is -2.51. The summed E-state index contributed by atoms with van der Waals surface area (Å²) in [6, 6.07) is 12.6. The van der Waals surface area contributed by atoms with Crippen molar-refractivity contribution in [2.75, 3.05) is 59.3 Å². The Labute approximate surface area is 420 Å². The van der Waals surface area contributed by atoms with Crippen molar-refractivity contribution >= 4 is 70.2 Å². The molecule has 3 aromatic carbocycles. The van der Waals surface area contributed by atoms with Crippen LogP contribution in [0.4, 0.5) is 4.79 Å². The second kappa shape index (κ2) is 33.0. The summed E-state index contributed by atoms with van der Waals surface area (Å²) in [5.74, 6) is -7.89.